The summed E-state index contributed by atoms with van der Waals surface area (Å²) in [5, 5.41) is 1.35. The summed E-state index contributed by atoms with van der Waals surface area (Å²) in [5.41, 5.74) is 9.69. The molecule has 0 aliphatic rings. The molecule has 2 rings (SSSR count). The molecule has 0 aliphatic carbocycles. The van der Waals surface area contributed by atoms with Gasteiger partial charge in [-0.3, -0.25) is 0 Å². The number of hydrogen-bond acceptors (Lipinski definition) is 1. The minimum absolute atomic E-state index is 0.714. The Kier molecular flexibility index (Phi) is 3.02. The Bertz CT molecular complexity index is 500. The first kappa shape index (κ1) is 11.0. The van der Waals surface area contributed by atoms with Crippen molar-refractivity contribution in [2.24, 2.45) is 12.8 Å². The maximum Gasteiger partial charge on any atom is 0.0483 e. The summed E-state index contributed by atoms with van der Waals surface area (Å²) in [4.78, 5) is 0. The fourth-order valence-electron chi connectivity index (χ4n) is 2.08. The third-order valence-corrected chi connectivity index (χ3v) is 3.65. The van der Waals surface area contributed by atoms with Gasteiger partial charge >= 0.3 is 0 Å². The molecule has 1 aromatic carbocycles. The summed E-state index contributed by atoms with van der Waals surface area (Å²) < 4.78 is 3.53. The predicted molar refractivity (Wildman–Crippen MR) is 73.1 cm³/mol. The summed E-state index contributed by atoms with van der Waals surface area (Å²) in [6.07, 6.45) is 0.962. The summed E-state index contributed by atoms with van der Waals surface area (Å²) in [7, 11) is 2.12. The summed E-state index contributed by atoms with van der Waals surface area (Å²) in [5.74, 6) is 0. The van der Waals surface area contributed by atoms with Crippen LogP contribution in [0.5, 0.6) is 0 Å². The first-order chi connectivity index (χ1) is 7.15. The maximum absolute atomic E-state index is 5.66. The van der Waals surface area contributed by atoms with Gasteiger partial charge in [0.25, 0.3) is 0 Å². The molecule has 1 aromatic heterocycles. The number of aryl methyl sites for hydroxylation is 1. The van der Waals surface area contributed by atoms with E-state index in [4.69, 9.17) is 5.73 Å². The van der Waals surface area contributed by atoms with E-state index in [-0.39, 0.29) is 0 Å². The monoisotopic (exact) mass is 314 g/mol. The highest BCUT2D eigenvalue weighted by atomic mass is 127. The van der Waals surface area contributed by atoms with Crippen LogP contribution in [0.1, 0.15) is 11.3 Å². The fraction of sp³-hybridized carbons (Fsp3) is 0.333. The van der Waals surface area contributed by atoms with Gasteiger partial charge in [-0.05, 0) is 66.2 Å². The van der Waals surface area contributed by atoms with Crippen LogP contribution in [0.2, 0.25) is 0 Å². The second-order valence-electron chi connectivity index (χ2n) is 3.82. The van der Waals surface area contributed by atoms with Gasteiger partial charge in [0.1, 0.15) is 0 Å². The van der Waals surface area contributed by atoms with Crippen molar-refractivity contribution in [2.75, 3.05) is 6.54 Å². The topological polar surface area (TPSA) is 30.9 Å². The van der Waals surface area contributed by atoms with E-state index >= 15 is 0 Å². The first-order valence-corrected chi connectivity index (χ1v) is 6.16. The van der Waals surface area contributed by atoms with E-state index in [0.717, 1.165) is 6.42 Å². The fourth-order valence-corrected chi connectivity index (χ4v) is 2.57. The van der Waals surface area contributed by atoms with Crippen LogP contribution in [0.4, 0.5) is 0 Å². The number of halogens is 1. The van der Waals surface area contributed by atoms with Crippen LogP contribution in [-0.4, -0.2) is 11.1 Å². The number of rotatable bonds is 2. The van der Waals surface area contributed by atoms with Crippen LogP contribution in [0.15, 0.2) is 18.2 Å². The highest BCUT2D eigenvalue weighted by molar-refractivity contribution is 14.1. The zero-order valence-electron chi connectivity index (χ0n) is 9.05. The quantitative estimate of drug-likeness (QED) is 0.849. The normalized spacial score (nSPS) is 11.2. The molecule has 0 spiro atoms. The van der Waals surface area contributed by atoms with Gasteiger partial charge in [0.2, 0.25) is 0 Å². The van der Waals surface area contributed by atoms with Crippen LogP contribution in [0.3, 0.4) is 0 Å². The Hall–Kier alpha value is -0.550. The Morgan fingerprint density at radius 1 is 1.40 bits per heavy atom. The van der Waals surface area contributed by atoms with Gasteiger partial charge in [-0.1, -0.05) is 0 Å². The van der Waals surface area contributed by atoms with Crippen molar-refractivity contribution in [2.45, 2.75) is 13.3 Å². The molecule has 0 aliphatic heterocycles. The van der Waals surface area contributed by atoms with Crippen LogP contribution in [-0.2, 0) is 13.5 Å². The molecule has 80 valence electrons. The molecule has 1 heterocycles. The first-order valence-electron chi connectivity index (χ1n) is 5.08. The van der Waals surface area contributed by atoms with Crippen LogP contribution < -0.4 is 5.73 Å². The number of benzene rings is 1. The average Bonchev–Trinajstić information content (AvgIpc) is 2.44. The third-order valence-electron chi connectivity index (χ3n) is 2.98. The Labute approximate surface area is 104 Å². The molecule has 3 heteroatoms. The zero-order valence-corrected chi connectivity index (χ0v) is 11.2. The predicted octanol–water partition coefficient (Wildman–Crippen LogP) is 2.59. The van der Waals surface area contributed by atoms with E-state index in [1.54, 1.807) is 0 Å². The number of fused-ring (bicyclic) bond motifs is 1. The van der Waals surface area contributed by atoms with Gasteiger partial charge in [0.15, 0.2) is 0 Å². The maximum atomic E-state index is 5.66. The van der Waals surface area contributed by atoms with Gasteiger partial charge in [-0.15, -0.1) is 0 Å². The lowest BCUT2D eigenvalue weighted by molar-refractivity contribution is 0.882. The molecule has 0 saturated carbocycles. The molecule has 0 bridgehead atoms. The van der Waals surface area contributed by atoms with E-state index in [1.807, 2.05) is 0 Å². The lowest BCUT2D eigenvalue weighted by Crippen LogP contribution is -2.04. The zero-order chi connectivity index (χ0) is 11.0. The molecule has 2 N–H and O–H groups in total. The SMILES string of the molecule is Cc1c(CCN)c2cc(I)ccc2n1C. The largest absolute Gasteiger partial charge is 0.348 e. The third kappa shape index (κ3) is 1.78. The van der Waals surface area contributed by atoms with Gasteiger partial charge in [-0.2, -0.15) is 0 Å². The van der Waals surface area contributed by atoms with Crippen LogP contribution in [0, 0.1) is 10.5 Å². The van der Waals surface area contributed by atoms with Gasteiger partial charge in [0.05, 0.1) is 0 Å². The van der Waals surface area contributed by atoms with E-state index in [9.17, 15) is 0 Å². The van der Waals surface area contributed by atoms with Crippen molar-refractivity contribution < 1.29 is 0 Å². The Morgan fingerprint density at radius 3 is 2.80 bits per heavy atom. The molecule has 0 radical (unpaired) electrons. The molecular formula is C12H15IN2. The minimum Gasteiger partial charge on any atom is -0.348 e. The summed E-state index contributed by atoms with van der Waals surface area (Å²) in [6.45, 7) is 2.88. The van der Waals surface area contributed by atoms with E-state index in [2.05, 4.69) is 59.3 Å². The van der Waals surface area contributed by atoms with E-state index in [0.29, 0.717) is 6.54 Å². The van der Waals surface area contributed by atoms with Crippen molar-refractivity contribution >= 4 is 33.5 Å². The van der Waals surface area contributed by atoms with Gasteiger partial charge < -0.3 is 10.3 Å². The smallest absolute Gasteiger partial charge is 0.0483 e. The number of nitrogens with two attached hydrogens (primary N) is 1. The number of aromatic nitrogens is 1. The molecule has 0 atom stereocenters. The van der Waals surface area contributed by atoms with Gasteiger partial charge in [0, 0.05) is 27.2 Å². The van der Waals surface area contributed by atoms with Crippen molar-refractivity contribution in [1.29, 1.82) is 0 Å². The number of nitrogens with zero attached hydrogens (tertiary/aromatic N) is 1. The summed E-state index contributed by atoms with van der Waals surface area (Å²) in [6, 6.07) is 6.58. The van der Waals surface area contributed by atoms with E-state index in [1.165, 1.54) is 25.7 Å². The summed E-state index contributed by atoms with van der Waals surface area (Å²) >= 11 is 2.35. The molecule has 0 fully saturated rings. The standard InChI is InChI=1S/C12H15IN2/c1-8-10(5-6-14)11-7-9(13)3-4-12(11)15(8)2/h3-4,7H,5-6,14H2,1-2H3. The highest BCUT2D eigenvalue weighted by Crippen LogP contribution is 2.26. The van der Waals surface area contributed by atoms with E-state index < -0.39 is 0 Å². The second kappa shape index (κ2) is 4.14. The van der Waals surface area contributed by atoms with Crippen molar-refractivity contribution in [3.8, 4) is 0 Å². The van der Waals surface area contributed by atoms with Crippen molar-refractivity contribution in [1.82, 2.24) is 4.57 Å². The molecule has 2 aromatic rings. The van der Waals surface area contributed by atoms with Crippen molar-refractivity contribution in [3.63, 3.8) is 0 Å². The molecule has 15 heavy (non-hydrogen) atoms. The van der Waals surface area contributed by atoms with Gasteiger partial charge in [-0.25, -0.2) is 0 Å². The average molecular weight is 314 g/mol. The second-order valence-corrected chi connectivity index (χ2v) is 5.07. The molecule has 0 amide bonds. The molecule has 2 nitrogen and oxygen atoms in total. The Morgan fingerprint density at radius 2 is 2.13 bits per heavy atom. The molecule has 0 saturated heterocycles. The lowest BCUT2D eigenvalue weighted by atomic mass is 10.1. The number of hydrogen-bond donors (Lipinski definition) is 1. The van der Waals surface area contributed by atoms with Crippen LogP contribution in [0.25, 0.3) is 10.9 Å². The highest BCUT2D eigenvalue weighted by Gasteiger charge is 2.10. The lowest BCUT2D eigenvalue weighted by Gasteiger charge is -1.99. The van der Waals surface area contributed by atoms with Crippen molar-refractivity contribution in [3.05, 3.63) is 33.0 Å². The molecular weight excluding hydrogens is 299 g/mol. The minimum atomic E-state index is 0.714. The molecule has 0 unspecified atom stereocenters. The van der Waals surface area contributed by atoms with Crippen LogP contribution >= 0.6 is 22.6 Å². The Balaban J connectivity index is 2.76.